The average molecular weight is 396 g/mol. The molecule has 0 atom stereocenters. The third kappa shape index (κ3) is 4.50. The molecule has 0 aliphatic carbocycles. The largest absolute Gasteiger partial charge is 0.452 e. The van der Waals surface area contributed by atoms with E-state index in [4.69, 9.17) is 4.74 Å². The zero-order chi connectivity index (χ0) is 19.9. The van der Waals surface area contributed by atoms with Gasteiger partial charge in [0.2, 0.25) is 0 Å². The minimum Gasteiger partial charge on any atom is -0.452 e. The lowest BCUT2D eigenvalue weighted by molar-refractivity contribution is -0.121. The Morgan fingerprint density at radius 3 is 2.57 bits per heavy atom. The highest BCUT2D eigenvalue weighted by Crippen LogP contribution is 2.27. The molecule has 3 aromatic rings. The van der Waals surface area contributed by atoms with Gasteiger partial charge >= 0.3 is 5.97 Å². The van der Waals surface area contributed by atoms with Gasteiger partial charge in [0.1, 0.15) is 5.82 Å². The molecule has 7 heteroatoms. The van der Waals surface area contributed by atoms with Crippen LogP contribution in [0.15, 0.2) is 72.6 Å². The summed E-state index contributed by atoms with van der Waals surface area (Å²) in [6.45, 7) is 3.33. The lowest BCUT2D eigenvalue weighted by atomic mass is 10.2. The summed E-state index contributed by atoms with van der Waals surface area (Å²) in [5.41, 5.74) is 1.46. The first-order chi connectivity index (χ1) is 13.6. The summed E-state index contributed by atoms with van der Waals surface area (Å²) in [4.78, 5) is 30.5. The van der Waals surface area contributed by atoms with Crippen LogP contribution >= 0.6 is 11.3 Å². The van der Waals surface area contributed by atoms with Crippen molar-refractivity contribution in [1.29, 1.82) is 0 Å². The normalized spacial score (nSPS) is 10.3. The molecule has 0 radical (unpaired) electrons. The molecule has 142 valence electrons. The fourth-order valence-electron chi connectivity index (χ4n) is 2.46. The second-order valence-corrected chi connectivity index (χ2v) is 6.57. The number of esters is 1. The van der Waals surface area contributed by atoms with Gasteiger partial charge in [0.15, 0.2) is 11.7 Å². The number of thiazole rings is 1. The predicted octanol–water partition coefficient (Wildman–Crippen LogP) is 4.33. The van der Waals surface area contributed by atoms with Crippen molar-refractivity contribution in [2.45, 2.75) is 0 Å². The Bertz CT molecular complexity index is 988. The van der Waals surface area contributed by atoms with Crippen molar-refractivity contribution in [3.8, 4) is 11.3 Å². The average Bonchev–Trinajstić information content (AvgIpc) is 3.21. The van der Waals surface area contributed by atoms with Crippen LogP contribution in [-0.2, 0) is 9.53 Å². The van der Waals surface area contributed by atoms with E-state index in [-0.39, 0.29) is 12.1 Å². The monoisotopic (exact) mass is 396 g/mol. The van der Waals surface area contributed by atoms with E-state index < -0.39 is 24.3 Å². The highest BCUT2D eigenvalue weighted by molar-refractivity contribution is 7.14. The zero-order valence-corrected chi connectivity index (χ0v) is 15.7. The number of hydrogen-bond donors (Lipinski definition) is 0. The number of carbonyl (C=O) groups excluding carboxylic acids is 2. The molecule has 0 spiro atoms. The van der Waals surface area contributed by atoms with Crippen molar-refractivity contribution in [2.24, 2.45) is 0 Å². The van der Waals surface area contributed by atoms with Crippen molar-refractivity contribution in [2.75, 3.05) is 18.1 Å². The van der Waals surface area contributed by atoms with Crippen molar-refractivity contribution in [3.63, 3.8) is 0 Å². The van der Waals surface area contributed by atoms with Crippen LogP contribution in [0.5, 0.6) is 0 Å². The van der Waals surface area contributed by atoms with Crippen LogP contribution in [0, 0.1) is 5.82 Å². The van der Waals surface area contributed by atoms with Gasteiger partial charge in [0.05, 0.1) is 11.3 Å². The first kappa shape index (κ1) is 19.4. The summed E-state index contributed by atoms with van der Waals surface area (Å²) < 4.78 is 18.6. The van der Waals surface area contributed by atoms with Crippen molar-refractivity contribution < 1.29 is 18.7 Å². The van der Waals surface area contributed by atoms with Gasteiger partial charge in [0.25, 0.3) is 5.91 Å². The molecule has 0 N–H and O–H groups in total. The lowest BCUT2D eigenvalue weighted by Crippen LogP contribution is -2.35. The second kappa shape index (κ2) is 9.05. The zero-order valence-electron chi connectivity index (χ0n) is 14.9. The Labute approximate surface area is 165 Å². The molecule has 0 unspecified atom stereocenters. The highest BCUT2D eigenvalue weighted by atomic mass is 32.1. The third-order valence-electron chi connectivity index (χ3n) is 3.83. The number of amides is 1. The minimum absolute atomic E-state index is 0.206. The van der Waals surface area contributed by atoms with Crippen LogP contribution in [-0.4, -0.2) is 30.0 Å². The van der Waals surface area contributed by atoms with E-state index in [1.165, 1.54) is 34.4 Å². The number of benzene rings is 2. The van der Waals surface area contributed by atoms with Crippen LogP contribution in [0.3, 0.4) is 0 Å². The maximum Gasteiger partial charge on any atom is 0.341 e. The molecule has 1 aromatic heterocycles. The van der Waals surface area contributed by atoms with Crippen LogP contribution in [0.25, 0.3) is 11.3 Å². The second-order valence-electron chi connectivity index (χ2n) is 5.73. The van der Waals surface area contributed by atoms with Crippen LogP contribution in [0.2, 0.25) is 0 Å². The van der Waals surface area contributed by atoms with E-state index in [0.717, 1.165) is 17.3 Å². The van der Waals surface area contributed by atoms with E-state index in [0.29, 0.717) is 5.13 Å². The molecule has 2 aromatic carbocycles. The Kier molecular flexibility index (Phi) is 6.29. The summed E-state index contributed by atoms with van der Waals surface area (Å²) in [5, 5.41) is 2.31. The first-order valence-corrected chi connectivity index (χ1v) is 9.32. The SMILES string of the molecule is C=CCN(C(=O)COC(=O)c1ccccc1F)c1nc(-c2ccccc2)cs1. The molecule has 1 amide bonds. The molecule has 28 heavy (non-hydrogen) atoms. The van der Waals surface area contributed by atoms with Gasteiger partial charge in [-0.1, -0.05) is 48.5 Å². The fraction of sp³-hybridized carbons (Fsp3) is 0.0952. The molecule has 0 aliphatic heterocycles. The molecule has 0 aliphatic rings. The first-order valence-electron chi connectivity index (χ1n) is 8.44. The Balaban J connectivity index is 1.71. The van der Waals surface area contributed by atoms with E-state index in [2.05, 4.69) is 11.6 Å². The van der Waals surface area contributed by atoms with Gasteiger partial charge in [-0.25, -0.2) is 14.2 Å². The van der Waals surface area contributed by atoms with Gasteiger partial charge in [-0.15, -0.1) is 17.9 Å². The standard InChI is InChI=1S/C21H17FN2O3S/c1-2-12-24(21-23-18(14-28-21)15-8-4-3-5-9-15)19(25)13-27-20(26)16-10-6-7-11-17(16)22/h2-11,14H,1,12-13H2. The van der Waals surface area contributed by atoms with Crippen molar-refractivity contribution >= 4 is 28.3 Å². The minimum atomic E-state index is -0.894. The van der Waals surface area contributed by atoms with Gasteiger partial charge in [-0.3, -0.25) is 9.69 Å². The molecule has 0 saturated carbocycles. The maximum absolute atomic E-state index is 13.7. The van der Waals surface area contributed by atoms with E-state index in [1.54, 1.807) is 6.08 Å². The van der Waals surface area contributed by atoms with Gasteiger partial charge in [-0.2, -0.15) is 0 Å². The van der Waals surface area contributed by atoms with E-state index in [9.17, 15) is 14.0 Å². The summed E-state index contributed by atoms with van der Waals surface area (Å²) in [5.74, 6) is -2.07. The summed E-state index contributed by atoms with van der Waals surface area (Å²) in [6, 6.07) is 15.0. The molecule has 1 heterocycles. The van der Waals surface area contributed by atoms with Gasteiger partial charge in [0, 0.05) is 17.5 Å². The number of halogens is 1. The topological polar surface area (TPSA) is 59.5 Å². The van der Waals surface area contributed by atoms with Crippen molar-refractivity contribution in [1.82, 2.24) is 4.98 Å². The highest BCUT2D eigenvalue weighted by Gasteiger charge is 2.21. The molecular formula is C21H17FN2O3S. The molecular weight excluding hydrogens is 379 g/mol. The predicted molar refractivity (Wildman–Crippen MR) is 107 cm³/mol. The molecule has 0 bridgehead atoms. The number of carbonyl (C=O) groups is 2. The summed E-state index contributed by atoms with van der Waals surface area (Å²) >= 11 is 1.30. The van der Waals surface area contributed by atoms with Gasteiger partial charge < -0.3 is 4.74 Å². The third-order valence-corrected chi connectivity index (χ3v) is 4.69. The van der Waals surface area contributed by atoms with Gasteiger partial charge in [-0.05, 0) is 12.1 Å². The smallest absolute Gasteiger partial charge is 0.341 e. The lowest BCUT2D eigenvalue weighted by Gasteiger charge is -2.18. The number of rotatable bonds is 7. The van der Waals surface area contributed by atoms with Crippen LogP contribution in [0.1, 0.15) is 10.4 Å². The number of ether oxygens (including phenoxy) is 1. The molecule has 3 rings (SSSR count). The summed E-state index contributed by atoms with van der Waals surface area (Å²) in [7, 11) is 0. The Hall–Kier alpha value is -3.32. The number of nitrogens with zero attached hydrogens (tertiary/aromatic N) is 2. The Morgan fingerprint density at radius 2 is 1.86 bits per heavy atom. The molecule has 0 fully saturated rings. The summed E-state index contributed by atoms with van der Waals surface area (Å²) in [6.07, 6.45) is 1.56. The van der Waals surface area contributed by atoms with Crippen molar-refractivity contribution in [3.05, 3.63) is 84.0 Å². The maximum atomic E-state index is 13.7. The number of anilines is 1. The number of aromatic nitrogens is 1. The van der Waals surface area contributed by atoms with E-state index in [1.807, 2.05) is 35.7 Å². The van der Waals surface area contributed by atoms with Crippen LogP contribution < -0.4 is 4.90 Å². The van der Waals surface area contributed by atoms with E-state index >= 15 is 0 Å². The molecule has 0 saturated heterocycles. The van der Waals surface area contributed by atoms with Crippen LogP contribution in [0.4, 0.5) is 9.52 Å². The molecule has 5 nitrogen and oxygen atoms in total. The fourth-order valence-corrected chi connectivity index (χ4v) is 3.32. The number of hydrogen-bond acceptors (Lipinski definition) is 5. The quantitative estimate of drug-likeness (QED) is 0.441. The Morgan fingerprint density at radius 1 is 1.14 bits per heavy atom.